The number of carbonyl (C=O) groups excluding carboxylic acids is 1. The molecule has 10 heteroatoms. The molecule has 7 rings (SSSR count). The van der Waals surface area contributed by atoms with Crippen LogP contribution in [0, 0.1) is 5.92 Å². The molecular formula is C31H30N4O6. The summed E-state index contributed by atoms with van der Waals surface area (Å²) in [6, 6.07) is 23.0. The van der Waals surface area contributed by atoms with Crippen LogP contribution in [0.25, 0.3) is 11.4 Å². The number of amides is 1. The minimum absolute atomic E-state index is 0.0364. The Bertz CT molecular complexity index is 1500. The fourth-order valence-electron chi connectivity index (χ4n) is 5.46. The molecule has 2 atom stereocenters. The Morgan fingerprint density at radius 1 is 1.00 bits per heavy atom. The van der Waals surface area contributed by atoms with Crippen molar-refractivity contribution >= 4 is 12.1 Å². The molecule has 3 aromatic carbocycles. The molecule has 3 fully saturated rings. The summed E-state index contributed by atoms with van der Waals surface area (Å²) >= 11 is 0. The molecule has 0 spiro atoms. The average molecular weight is 555 g/mol. The Labute approximate surface area is 236 Å². The van der Waals surface area contributed by atoms with Gasteiger partial charge in [-0.1, -0.05) is 59.8 Å². The molecule has 41 heavy (non-hydrogen) atoms. The van der Waals surface area contributed by atoms with Crippen LogP contribution in [0.4, 0.5) is 4.79 Å². The van der Waals surface area contributed by atoms with Gasteiger partial charge in [0.25, 0.3) is 5.89 Å². The molecule has 3 aliphatic heterocycles. The second-order valence-electron chi connectivity index (χ2n) is 10.3. The summed E-state index contributed by atoms with van der Waals surface area (Å²) in [5.74, 6) is 0.598. The van der Waals surface area contributed by atoms with Crippen LogP contribution in [0.3, 0.4) is 0 Å². The smallest absolute Gasteiger partial charge is 0.408 e. The van der Waals surface area contributed by atoms with Crippen LogP contribution in [-0.2, 0) is 11.3 Å². The predicted molar refractivity (Wildman–Crippen MR) is 148 cm³/mol. The number of carboxylic acid groups (broad SMARTS) is 1. The summed E-state index contributed by atoms with van der Waals surface area (Å²) in [7, 11) is 0. The third-order valence-electron chi connectivity index (χ3n) is 7.66. The van der Waals surface area contributed by atoms with E-state index in [2.05, 4.69) is 20.4 Å². The van der Waals surface area contributed by atoms with Gasteiger partial charge in [-0.15, -0.1) is 0 Å². The first-order valence-corrected chi connectivity index (χ1v) is 13.7. The highest BCUT2D eigenvalue weighted by Crippen LogP contribution is 2.31. The maximum absolute atomic E-state index is 13.1. The molecular weight excluding hydrogens is 524 g/mol. The van der Waals surface area contributed by atoms with Crippen molar-refractivity contribution in [3.8, 4) is 17.1 Å². The number of hydrogen-bond donors (Lipinski definition) is 2. The molecule has 0 aliphatic carbocycles. The van der Waals surface area contributed by atoms with Crippen LogP contribution in [0.15, 0.2) is 83.4 Å². The molecule has 210 valence electrons. The number of aromatic carboxylic acids is 1. The lowest BCUT2D eigenvalue weighted by atomic mass is 9.86. The minimum Gasteiger partial charge on any atom is -0.484 e. The average Bonchev–Trinajstić information content (AvgIpc) is 3.49. The number of aromatic nitrogens is 2. The second kappa shape index (κ2) is 11.8. The first-order chi connectivity index (χ1) is 20.0. The van der Waals surface area contributed by atoms with E-state index in [1.807, 2.05) is 54.6 Å². The quantitative estimate of drug-likeness (QED) is 0.296. The maximum atomic E-state index is 13.1. The van der Waals surface area contributed by atoms with Crippen LogP contribution in [0.2, 0.25) is 0 Å². The summed E-state index contributed by atoms with van der Waals surface area (Å²) in [6.07, 6.45) is 1.62. The van der Waals surface area contributed by atoms with E-state index in [1.54, 1.807) is 12.1 Å². The number of carbonyl (C=O) groups is 2. The Morgan fingerprint density at radius 3 is 2.46 bits per heavy atom. The molecule has 10 nitrogen and oxygen atoms in total. The summed E-state index contributed by atoms with van der Waals surface area (Å²) in [4.78, 5) is 30.9. The van der Waals surface area contributed by atoms with E-state index in [4.69, 9.17) is 19.1 Å². The maximum Gasteiger partial charge on any atom is 0.408 e. The van der Waals surface area contributed by atoms with E-state index >= 15 is 0 Å². The van der Waals surface area contributed by atoms with E-state index in [1.165, 1.54) is 12.1 Å². The van der Waals surface area contributed by atoms with Gasteiger partial charge in [0.1, 0.15) is 11.9 Å². The monoisotopic (exact) mass is 554 g/mol. The van der Waals surface area contributed by atoms with E-state index < -0.39 is 18.1 Å². The van der Waals surface area contributed by atoms with E-state index in [0.29, 0.717) is 23.1 Å². The Balaban J connectivity index is 1.13. The van der Waals surface area contributed by atoms with Crippen molar-refractivity contribution in [2.45, 2.75) is 31.6 Å². The Hall–Kier alpha value is -4.70. The zero-order chi connectivity index (χ0) is 28.2. The van der Waals surface area contributed by atoms with E-state index in [0.717, 1.165) is 43.6 Å². The number of nitrogens with zero attached hydrogens (tertiary/aromatic N) is 3. The molecule has 3 saturated heterocycles. The lowest BCUT2D eigenvalue weighted by Crippen LogP contribution is -2.52. The van der Waals surface area contributed by atoms with Gasteiger partial charge in [0.05, 0.1) is 11.6 Å². The summed E-state index contributed by atoms with van der Waals surface area (Å²) in [5.41, 5.74) is 2.57. The topological polar surface area (TPSA) is 127 Å². The van der Waals surface area contributed by atoms with Crippen molar-refractivity contribution in [2.75, 3.05) is 19.6 Å². The van der Waals surface area contributed by atoms with Gasteiger partial charge in [-0.3, -0.25) is 4.90 Å². The fourth-order valence-corrected chi connectivity index (χ4v) is 5.46. The van der Waals surface area contributed by atoms with E-state index in [-0.39, 0.29) is 24.2 Å². The Kier molecular flexibility index (Phi) is 7.64. The van der Waals surface area contributed by atoms with E-state index in [9.17, 15) is 9.59 Å². The number of nitrogens with one attached hydrogen (secondary N) is 1. The van der Waals surface area contributed by atoms with Gasteiger partial charge < -0.3 is 24.4 Å². The van der Waals surface area contributed by atoms with Gasteiger partial charge in [-0.25, -0.2) is 9.59 Å². The van der Waals surface area contributed by atoms with Crippen molar-refractivity contribution in [3.05, 3.63) is 101 Å². The zero-order valence-corrected chi connectivity index (χ0v) is 22.3. The number of rotatable bonds is 9. The third kappa shape index (κ3) is 6.22. The molecule has 4 aromatic rings. The summed E-state index contributed by atoms with van der Waals surface area (Å²) in [5, 5.41) is 16.1. The highest BCUT2D eigenvalue weighted by molar-refractivity contribution is 5.88. The standard InChI is InChI=1S/C31H30N4O6/c36-30(37)23-11-9-22(10-12-23)29-32-27(41-34-29)19-39-25-8-4-7-24(17-25)28(21-5-2-1-3-6-21)33-31(38)40-26-18-35-15-13-20(26)14-16-35/h1-12,17,20,26,28H,13-16,18-19H2,(H,33,38)(H,36,37)/t26-,28?/m0/s1. The first-order valence-electron chi connectivity index (χ1n) is 13.7. The number of ether oxygens (including phenoxy) is 2. The van der Waals surface area contributed by atoms with Crippen LogP contribution >= 0.6 is 0 Å². The van der Waals surface area contributed by atoms with Crippen LogP contribution in [0.1, 0.15) is 46.3 Å². The normalized spacial score (nSPS) is 20.2. The molecule has 0 radical (unpaired) electrons. The van der Waals surface area contributed by atoms with Crippen LogP contribution in [-0.4, -0.2) is 57.9 Å². The van der Waals surface area contributed by atoms with Gasteiger partial charge in [-0.05, 0) is 67.2 Å². The number of benzene rings is 3. The number of fused-ring (bicyclic) bond motifs is 3. The number of alkyl carbamates (subject to hydrolysis) is 1. The molecule has 4 heterocycles. The minimum atomic E-state index is -1.00. The van der Waals surface area contributed by atoms with Gasteiger partial charge in [0.15, 0.2) is 6.61 Å². The van der Waals surface area contributed by atoms with Crippen molar-refractivity contribution in [1.29, 1.82) is 0 Å². The number of piperidine rings is 3. The van der Waals surface area contributed by atoms with Gasteiger partial charge in [0, 0.05) is 12.1 Å². The van der Waals surface area contributed by atoms with Crippen LogP contribution in [0.5, 0.6) is 5.75 Å². The molecule has 1 unspecified atom stereocenters. The number of hydrogen-bond acceptors (Lipinski definition) is 8. The SMILES string of the molecule is O=C(NC(c1ccccc1)c1cccc(OCc2nc(-c3ccc(C(=O)O)cc3)no2)c1)O[C@H]1CN2CCC1CC2. The highest BCUT2D eigenvalue weighted by Gasteiger charge is 2.36. The lowest BCUT2D eigenvalue weighted by molar-refractivity contribution is -0.0336. The van der Waals surface area contributed by atoms with Crippen molar-refractivity contribution in [3.63, 3.8) is 0 Å². The molecule has 1 aromatic heterocycles. The Morgan fingerprint density at radius 2 is 1.76 bits per heavy atom. The predicted octanol–water partition coefficient (Wildman–Crippen LogP) is 4.92. The number of carboxylic acids is 1. The molecule has 2 N–H and O–H groups in total. The zero-order valence-electron chi connectivity index (χ0n) is 22.3. The summed E-state index contributed by atoms with van der Waals surface area (Å²) < 4.78 is 17.2. The third-order valence-corrected chi connectivity index (χ3v) is 7.66. The van der Waals surface area contributed by atoms with Gasteiger partial charge in [0.2, 0.25) is 5.82 Å². The second-order valence-corrected chi connectivity index (χ2v) is 10.3. The molecule has 0 saturated carbocycles. The highest BCUT2D eigenvalue weighted by atomic mass is 16.6. The molecule has 2 bridgehead atoms. The lowest BCUT2D eigenvalue weighted by Gasteiger charge is -2.43. The van der Waals surface area contributed by atoms with Crippen molar-refractivity contribution in [2.24, 2.45) is 5.92 Å². The largest absolute Gasteiger partial charge is 0.484 e. The van der Waals surface area contributed by atoms with Crippen LogP contribution < -0.4 is 10.1 Å². The fraction of sp³-hybridized carbons (Fsp3) is 0.290. The van der Waals surface area contributed by atoms with Gasteiger partial charge in [-0.2, -0.15) is 4.98 Å². The van der Waals surface area contributed by atoms with Crippen molar-refractivity contribution < 1.29 is 28.7 Å². The first kappa shape index (κ1) is 26.5. The molecule has 3 aliphatic rings. The van der Waals surface area contributed by atoms with Gasteiger partial charge >= 0.3 is 12.1 Å². The summed E-state index contributed by atoms with van der Waals surface area (Å²) in [6.45, 7) is 2.99. The molecule has 1 amide bonds. The van der Waals surface area contributed by atoms with Crippen molar-refractivity contribution in [1.82, 2.24) is 20.4 Å².